The topological polar surface area (TPSA) is 37.8 Å². The summed E-state index contributed by atoms with van der Waals surface area (Å²) >= 11 is 0. The molecule has 1 aromatic rings. The maximum Gasteiger partial charge on any atom is 0.313 e. The van der Waals surface area contributed by atoms with Gasteiger partial charge >= 0.3 is 6.08 Å². The number of nitrogens with zero attached hydrogens (tertiary/aromatic N) is 2. The van der Waals surface area contributed by atoms with Crippen molar-refractivity contribution >= 4 is 5.82 Å². The van der Waals surface area contributed by atoms with Crippen molar-refractivity contribution in [2.45, 2.75) is 32.7 Å². The quantitative estimate of drug-likeness (QED) is 0.600. The van der Waals surface area contributed by atoms with Gasteiger partial charge < -0.3 is 5.32 Å². The van der Waals surface area contributed by atoms with Crippen LogP contribution in [0.2, 0.25) is 0 Å². The van der Waals surface area contributed by atoms with Gasteiger partial charge in [-0.15, -0.1) is 0 Å². The second kappa shape index (κ2) is 4.83. The van der Waals surface area contributed by atoms with E-state index in [1.54, 1.807) is 0 Å². The standard InChI is InChI=1S/C9H13F2N3/c1-3-6(4-2)12-8-5-7(10)13-9(11)14-8/h5-6H,3-4H2,1-2H3,(H,12,13,14). The van der Waals surface area contributed by atoms with E-state index in [4.69, 9.17) is 0 Å². The molecule has 0 aliphatic rings. The van der Waals surface area contributed by atoms with Crippen LogP contribution in [-0.4, -0.2) is 16.0 Å². The lowest BCUT2D eigenvalue weighted by atomic mass is 10.2. The Balaban J connectivity index is 2.75. The smallest absolute Gasteiger partial charge is 0.313 e. The van der Waals surface area contributed by atoms with Gasteiger partial charge in [-0.05, 0) is 12.8 Å². The van der Waals surface area contributed by atoms with Gasteiger partial charge in [0.15, 0.2) is 0 Å². The van der Waals surface area contributed by atoms with Crippen LogP contribution in [0.5, 0.6) is 0 Å². The number of aromatic nitrogens is 2. The number of anilines is 1. The van der Waals surface area contributed by atoms with E-state index in [0.717, 1.165) is 18.9 Å². The molecule has 1 N–H and O–H groups in total. The molecule has 14 heavy (non-hydrogen) atoms. The van der Waals surface area contributed by atoms with Crippen LogP contribution in [0.1, 0.15) is 26.7 Å². The highest BCUT2D eigenvalue weighted by atomic mass is 19.1. The van der Waals surface area contributed by atoms with Crippen molar-refractivity contribution in [2.24, 2.45) is 0 Å². The molecule has 0 amide bonds. The minimum Gasteiger partial charge on any atom is -0.367 e. The van der Waals surface area contributed by atoms with Gasteiger partial charge in [-0.1, -0.05) is 13.8 Å². The van der Waals surface area contributed by atoms with Crippen LogP contribution in [0.3, 0.4) is 0 Å². The first-order valence-electron chi connectivity index (χ1n) is 4.62. The average molecular weight is 201 g/mol. The summed E-state index contributed by atoms with van der Waals surface area (Å²) in [6.07, 6.45) is 0.714. The van der Waals surface area contributed by atoms with Gasteiger partial charge in [0.2, 0.25) is 5.95 Å². The Morgan fingerprint density at radius 2 is 1.93 bits per heavy atom. The fourth-order valence-electron chi connectivity index (χ4n) is 1.17. The molecule has 5 heteroatoms. The van der Waals surface area contributed by atoms with Crippen molar-refractivity contribution in [3.63, 3.8) is 0 Å². The third kappa shape index (κ3) is 2.90. The van der Waals surface area contributed by atoms with Crippen LogP contribution in [-0.2, 0) is 0 Å². The summed E-state index contributed by atoms with van der Waals surface area (Å²) in [6, 6.07) is 1.27. The van der Waals surface area contributed by atoms with Gasteiger partial charge in [0.25, 0.3) is 0 Å². The first-order chi connectivity index (χ1) is 6.65. The summed E-state index contributed by atoms with van der Waals surface area (Å²) in [4.78, 5) is 6.35. The molecule has 0 spiro atoms. The fraction of sp³-hybridized carbons (Fsp3) is 0.556. The summed E-state index contributed by atoms with van der Waals surface area (Å²) in [7, 11) is 0. The monoisotopic (exact) mass is 201 g/mol. The van der Waals surface area contributed by atoms with Crippen molar-refractivity contribution in [3.8, 4) is 0 Å². The van der Waals surface area contributed by atoms with Crippen molar-refractivity contribution in [3.05, 3.63) is 18.1 Å². The van der Waals surface area contributed by atoms with Gasteiger partial charge in [0, 0.05) is 12.1 Å². The van der Waals surface area contributed by atoms with Crippen LogP contribution in [0.4, 0.5) is 14.6 Å². The maximum absolute atomic E-state index is 12.7. The zero-order chi connectivity index (χ0) is 10.6. The van der Waals surface area contributed by atoms with Gasteiger partial charge in [-0.25, -0.2) is 0 Å². The van der Waals surface area contributed by atoms with Crippen LogP contribution in [0.25, 0.3) is 0 Å². The summed E-state index contributed by atoms with van der Waals surface area (Å²) in [5.41, 5.74) is 0. The predicted molar refractivity (Wildman–Crippen MR) is 49.9 cm³/mol. The fourth-order valence-corrected chi connectivity index (χ4v) is 1.17. The molecule has 1 aromatic heterocycles. The van der Waals surface area contributed by atoms with Gasteiger partial charge in [-0.2, -0.15) is 18.7 Å². The Morgan fingerprint density at radius 3 is 2.43 bits per heavy atom. The molecule has 0 aliphatic carbocycles. The lowest BCUT2D eigenvalue weighted by Gasteiger charge is -2.14. The Hall–Kier alpha value is -1.26. The van der Waals surface area contributed by atoms with Crippen LogP contribution in [0, 0.1) is 12.0 Å². The Morgan fingerprint density at radius 1 is 1.29 bits per heavy atom. The van der Waals surface area contributed by atoms with Crippen LogP contribution >= 0.6 is 0 Å². The van der Waals surface area contributed by atoms with E-state index in [1.165, 1.54) is 0 Å². The lowest BCUT2D eigenvalue weighted by molar-refractivity contribution is 0.483. The summed E-state index contributed by atoms with van der Waals surface area (Å²) in [6.45, 7) is 3.99. The highest BCUT2D eigenvalue weighted by molar-refractivity contribution is 5.33. The molecule has 1 heterocycles. The minimum atomic E-state index is -1.04. The molecule has 0 fully saturated rings. The molecular weight excluding hydrogens is 188 g/mol. The van der Waals surface area contributed by atoms with E-state index in [0.29, 0.717) is 0 Å². The molecule has 0 radical (unpaired) electrons. The molecule has 0 saturated heterocycles. The lowest BCUT2D eigenvalue weighted by Crippen LogP contribution is -2.18. The molecule has 1 rings (SSSR count). The number of rotatable bonds is 4. The van der Waals surface area contributed by atoms with Crippen molar-refractivity contribution in [2.75, 3.05) is 5.32 Å². The molecule has 0 aromatic carbocycles. The van der Waals surface area contributed by atoms with E-state index in [2.05, 4.69) is 15.3 Å². The third-order valence-corrected chi connectivity index (χ3v) is 2.01. The predicted octanol–water partition coefficient (Wildman–Crippen LogP) is 2.36. The Labute approximate surface area is 81.6 Å². The second-order valence-electron chi connectivity index (χ2n) is 3.00. The molecule has 0 bridgehead atoms. The van der Waals surface area contributed by atoms with E-state index in [1.807, 2.05) is 13.8 Å². The van der Waals surface area contributed by atoms with Crippen molar-refractivity contribution in [1.82, 2.24) is 9.97 Å². The van der Waals surface area contributed by atoms with Gasteiger partial charge in [0.1, 0.15) is 5.82 Å². The number of halogens is 2. The molecule has 0 unspecified atom stereocenters. The first kappa shape index (κ1) is 10.8. The van der Waals surface area contributed by atoms with E-state index in [9.17, 15) is 8.78 Å². The van der Waals surface area contributed by atoms with Gasteiger partial charge in [-0.3, -0.25) is 0 Å². The maximum atomic E-state index is 12.7. The molecule has 0 saturated carbocycles. The molecule has 0 atom stereocenters. The summed E-state index contributed by atoms with van der Waals surface area (Å²) in [5, 5.41) is 2.93. The molecular formula is C9H13F2N3. The van der Waals surface area contributed by atoms with Crippen LogP contribution in [0.15, 0.2) is 6.07 Å². The summed E-state index contributed by atoms with van der Waals surface area (Å²) in [5.74, 6) is -0.658. The zero-order valence-electron chi connectivity index (χ0n) is 8.22. The van der Waals surface area contributed by atoms with Crippen molar-refractivity contribution < 1.29 is 8.78 Å². The van der Waals surface area contributed by atoms with Crippen LogP contribution < -0.4 is 5.32 Å². The third-order valence-electron chi connectivity index (χ3n) is 2.01. The highest BCUT2D eigenvalue weighted by Gasteiger charge is 2.07. The normalized spacial score (nSPS) is 10.6. The van der Waals surface area contributed by atoms with E-state index < -0.39 is 12.0 Å². The summed E-state index contributed by atoms with van der Waals surface area (Å²) < 4.78 is 25.2. The van der Waals surface area contributed by atoms with E-state index in [-0.39, 0.29) is 11.9 Å². The SMILES string of the molecule is CCC(CC)Nc1cc(F)nc(F)n1. The van der Waals surface area contributed by atoms with Crippen molar-refractivity contribution in [1.29, 1.82) is 0 Å². The number of nitrogens with one attached hydrogen (secondary N) is 1. The Bertz CT molecular complexity index is 280. The van der Waals surface area contributed by atoms with E-state index >= 15 is 0 Å². The number of hydrogen-bond donors (Lipinski definition) is 1. The molecule has 3 nitrogen and oxygen atoms in total. The zero-order valence-corrected chi connectivity index (χ0v) is 8.22. The first-order valence-corrected chi connectivity index (χ1v) is 4.62. The Kier molecular flexibility index (Phi) is 3.73. The number of hydrogen-bond acceptors (Lipinski definition) is 3. The second-order valence-corrected chi connectivity index (χ2v) is 3.00. The largest absolute Gasteiger partial charge is 0.367 e. The molecule has 78 valence electrons. The van der Waals surface area contributed by atoms with Gasteiger partial charge in [0.05, 0.1) is 0 Å². The highest BCUT2D eigenvalue weighted by Crippen LogP contribution is 2.09. The average Bonchev–Trinajstić information content (AvgIpc) is 2.12. The minimum absolute atomic E-state index is 0.184. The molecule has 0 aliphatic heterocycles.